The fourth-order valence-electron chi connectivity index (χ4n) is 7.32. The van der Waals surface area contributed by atoms with Gasteiger partial charge in [-0.1, -0.05) is 33.8 Å². The van der Waals surface area contributed by atoms with Crippen LogP contribution in [0.25, 0.3) is 0 Å². The van der Waals surface area contributed by atoms with Crippen molar-refractivity contribution in [3.8, 4) is 5.75 Å². The van der Waals surface area contributed by atoms with Crippen molar-refractivity contribution in [1.29, 1.82) is 0 Å². The fraction of sp³-hybridized carbons (Fsp3) is 0.677. The zero-order valence-electron chi connectivity index (χ0n) is 23.7. The molecular weight excluding hydrogens is 444 g/mol. The Morgan fingerprint density at radius 3 is 2.53 bits per heavy atom. The molecule has 3 atom stereocenters. The van der Waals surface area contributed by atoms with Gasteiger partial charge in [-0.2, -0.15) is 0 Å². The quantitative estimate of drug-likeness (QED) is 0.461. The van der Waals surface area contributed by atoms with E-state index in [0.29, 0.717) is 17.1 Å². The van der Waals surface area contributed by atoms with Crippen LogP contribution in [0.2, 0.25) is 0 Å². The van der Waals surface area contributed by atoms with E-state index in [0.717, 1.165) is 42.0 Å². The molecule has 0 amide bonds. The molecule has 5 heteroatoms. The number of nitrogens with zero attached hydrogens (tertiary/aromatic N) is 3. The first-order valence-electron chi connectivity index (χ1n) is 14.1. The van der Waals surface area contributed by atoms with Crippen molar-refractivity contribution in [2.75, 3.05) is 32.0 Å². The van der Waals surface area contributed by atoms with Gasteiger partial charge in [-0.25, -0.2) is 4.98 Å². The number of anilines is 1. The van der Waals surface area contributed by atoms with Gasteiger partial charge in [-0.15, -0.1) is 0 Å². The van der Waals surface area contributed by atoms with Crippen LogP contribution in [-0.2, 0) is 11.8 Å². The number of aryl methyl sites for hydroxylation is 2. The third-order valence-electron chi connectivity index (χ3n) is 8.89. The Bertz CT molecular complexity index is 1050. The Balaban J connectivity index is 0.000000214. The van der Waals surface area contributed by atoms with Crippen LogP contribution in [0.5, 0.6) is 5.75 Å². The van der Waals surface area contributed by atoms with E-state index in [2.05, 4.69) is 67.1 Å². The summed E-state index contributed by atoms with van der Waals surface area (Å²) in [6, 6.07) is 6.16. The fourth-order valence-corrected chi connectivity index (χ4v) is 7.32. The molecule has 3 aliphatic carbocycles. The molecule has 2 aromatic rings. The minimum absolute atomic E-state index is 0.234. The topological polar surface area (TPSA) is 61.3 Å². The summed E-state index contributed by atoms with van der Waals surface area (Å²) in [5, 5.41) is 13.4. The first kappa shape index (κ1) is 26.9. The van der Waals surface area contributed by atoms with Crippen molar-refractivity contribution in [2.45, 2.75) is 85.5 Å². The molecule has 0 saturated heterocycles. The summed E-state index contributed by atoms with van der Waals surface area (Å²) >= 11 is 0. The number of phenolic OH excluding ortho intramolecular Hbond substituents is 1. The highest BCUT2D eigenvalue weighted by atomic mass is 16.3. The summed E-state index contributed by atoms with van der Waals surface area (Å²) in [6.45, 7) is 16.8. The summed E-state index contributed by atoms with van der Waals surface area (Å²) in [5.74, 6) is 3.75. The summed E-state index contributed by atoms with van der Waals surface area (Å²) in [4.78, 5) is 11.1. The highest BCUT2D eigenvalue weighted by Gasteiger charge is 2.59. The number of aromatic hydroxyl groups is 1. The lowest BCUT2D eigenvalue weighted by atomic mass is 9.60. The van der Waals surface area contributed by atoms with Crippen molar-refractivity contribution < 1.29 is 5.11 Å². The van der Waals surface area contributed by atoms with Crippen LogP contribution in [0.15, 0.2) is 24.4 Å². The molecule has 198 valence electrons. The average Bonchev–Trinajstić information content (AvgIpc) is 3.51. The lowest BCUT2D eigenvalue weighted by molar-refractivity contribution is 0.107. The standard InChI is InChI=1S/C22H33NO.C9H15N3/c1-15-11-21(2,3)22(12-15)18(14-23(4)13-16-5-6-16)9-17-7-8-19(24)10-20(17)22;1-4-5-10-9-8(3)11-6-7(2)12-9/h7-8,10,15-16,18,24H,5-6,9,11-14H2,1-4H3;6H,4-5H2,1-3H3,(H,10,12)/t15-,18?,22?;/m0./s1. The van der Waals surface area contributed by atoms with Crippen LogP contribution >= 0.6 is 0 Å². The van der Waals surface area contributed by atoms with Crippen LogP contribution in [-0.4, -0.2) is 46.7 Å². The molecule has 5 rings (SSSR count). The van der Waals surface area contributed by atoms with E-state index < -0.39 is 0 Å². The molecule has 3 aliphatic rings. The highest BCUT2D eigenvalue weighted by molar-refractivity contribution is 5.48. The number of fused-ring (bicyclic) bond motifs is 2. The van der Waals surface area contributed by atoms with E-state index in [1.54, 1.807) is 6.20 Å². The summed E-state index contributed by atoms with van der Waals surface area (Å²) in [6.07, 6.45) is 9.50. The molecular formula is C31H48N4O. The summed E-state index contributed by atoms with van der Waals surface area (Å²) in [5.41, 5.74) is 5.41. The Labute approximate surface area is 219 Å². The van der Waals surface area contributed by atoms with E-state index >= 15 is 0 Å². The van der Waals surface area contributed by atoms with Crippen molar-refractivity contribution >= 4 is 5.82 Å². The van der Waals surface area contributed by atoms with E-state index in [1.165, 1.54) is 56.3 Å². The monoisotopic (exact) mass is 492 g/mol. The second kappa shape index (κ2) is 10.7. The molecule has 1 heterocycles. The third-order valence-corrected chi connectivity index (χ3v) is 8.89. The third kappa shape index (κ3) is 5.56. The van der Waals surface area contributed by atoms with E-state index in [4.69, 9.17) is 0 Å². The molecule has 1 aromatic carbocycles. The number of nitrogens with one attached hydrogen (secondary N) is 1. The van der Waals surface area contributed by atoms with Gasteiger partial charge < -0.3 is 15.3 Å². The molecule has 0 aliphatic heterocycles. The van der Waals surface area contributed by atoms with Crippen LogP contribution in [0.3, 0.4) is 0 Å². The van der Waals surface area contributed by atoms with Gasteiger partial charge in [-0.3, -0.25) is 4.98 Å². The van der Waals surface area contributed by atoms with Gasteiger partial charge in [-0.05, 0) is 106 Å². The molecule has 0 bridgehead atoms. The Morgan fingerprint density at radius 1 is 1.14 bits per heavy atom. The van der Waals surface area contributed by atoms with Crippen molar-refractivity contribution in [3.05, 3.63) is 46.9 Å². The van der Waals surface area contributed by atoms with Gasteiger partial charge in [0.2, 0.25) is 0 Å². The van der Waals surface area contributed by atoms with Crippen molar-refractivity contribution in [1.82, 2.24) is 14.9 Å². The Kier molecular flexibility index (Phi) is 7.99. The number of hydrogen-bond acceptors (Lipinski definition) is 5. The lowest BCUT2D eigenvalue weighted by Gasteiger charge is -2.45. The molecule has 2 saturated carbocycles. The predicted octanol–water partition coefficient (Wildman–Crippen LogP) is 6.52. The normalized spacial score (nSPS) is 26.1. The highest BCUT2D eigenvalue weighted by Crippen LogP contribution is 2.64. The molecule has 2 N–H and O–H groups in total. The molecule has 2 unspecified atom stereocenters. The minimum atomic E-state index is 0.234. The zero-order chi connectivity index (χ0) is 26.1. The van der Waals surface area contributed by atoms with Crippen LogP contribution in [0.4, 0.5) is 5.82 Å². The molecule has 1 aromatic heterocycles. The second-order valence-corrected chi connectivity index (χ2v) is 12.6. The Morgan fingerprint density at radius 2 is 1.89 bits per heavy atom. The van der Waals surface area contributed by atoms with E-state index in [-0.39, 0.29) is 5.41 Å². The first-order chi connectivity index (χ1) is 17.1. The van der Waals surface area contributed by atoms with Gasteiger partial charge in [0.1, 0.15) is 11.6 Å². The largest absolute Gasteiger partial charge is 0.508 e. The summed E-state index contributed by atoms with van der Waals surface area (Å²) in [7, 11) is 2.32. The Hall–Kier alpha value is -2.14. The van der Waals surface area contributed by atoms with Gasteiger partial charge in [0.05, 0.1) is 11.4 Å². The van der Waals surface area contributed by atoms with Crippen molar-refractivity contribution in [2.24, 2.45) is 23.2 Å². The predicted molar refractivity (Wildman–Crippen MR) is 150 cm³/mol. The smallest absolute Gasteiger partial charge is 0.147 e. The van der Waals surface area contributed by atoms with E-state index in [1.807, 2.05) is 19.9 Å². The van der Waals surface area contributed by atoms with Crippen LogP contribution in [0, 0.1) is 37.0 Å². The molecule has 2 fully saturated rings. The van der Waals surface area contributed by atoms with E-state index in [9.17, 15) is 5.11 Å². The zero-order valence-corrected chi connectivity index (χ0v) is 23.7. The first-order valence-corrected chi connectivity index (χ1v) is 14.1. The molecule has 0 radical (unpaired) electrons. The lowest BCUT2D eigenvalue weighted by Crippen LogP contribution is -2.46. The average molecular weight is 493 g/mol. The maximum absolute atomic E-state index is 10.2. The number of hydrogen-bond donors (Lipinski definition) is 2. The number of phenols is 1. The second-order valence-electron chi connectivity index (χ2n) is 12.6. The molecule has 1 spiro atoms. The van der Waals surface area contributed by atoms with Gasteiger partial charge in [0.25, 0.3) is 0 Å². The minimum Gasteiger partial charge on any atom is -0.508 e. The maximum Gasteiger partial charge on any atom is 0.147 e. The molecule has 36 heavy (non-hydrogen) atoms. The van der Waals surface area contributed by atoms with Gasteiger partial charge in [0.15, 0.2) is 0 Å². The van der Waals surface area contributed by atoms with Crippen LogP contribution < -0.4 is 5.32 Å². The summed E-state index contributed by atoms with van der Waals surface area (Å²) < 4.78 is 0. The molecule has 5 nitrogen and oxygen atoms in total. The number of rotatable bonds is 7. The van der Waals surface area contributed by atoms with Gasteiger partial charge in [0, 0.05) is 31.2 Å². The number of benzene rings is 1. The maximum atomic E-state index is 10.2. The number of aromatic nitrogens is 2. The van der Waals surface area contributed by atoms with Crippen molar-refractivity contribution in [3.63, 3.8) is 0 Å². The SMILES string of the molecule is CCCNc1nc(C)cnc1C.C[C@H]1CC(C)(C)C2(C1)c1cc(O)ccc1CC2CN(C)CC1CC1. The van der Waals surface area contributed by atoms with Gasteiger partial charge >= 0.3 is 0 Å². The van der Waals surface area contributed by atoms with Crippen LogP contribution in [0.1, 0.15) is 82.3 Å².